The first-order chi connectivity index (χ1) is 11.0. The summed E-state index contributed by atoms with van der Waals surface area (Å²) in [5.41, 5.74) is 4.76. The van der Waals surface area contributed by atoms with Gasteiger partial charge in [-0.1, -0.05) is 30.3 Å². The van der Waals surface area contributed by atoms with Crippen LogP contribution in [0.4, 0.5) is 10.1 Å². The van der Waals surface area contributed by atoms with Crippen LogP contribution in [0.25, 0.3) is 0 Å². The van der Waals surface area contributed by atoms with Gasteiger partial charge in [0.1, 0.15) is 5.82 Å². The molecule has 0 aromatic heterocycles. The van der Waals surface area contributed by atoms with Crippen LogP contribution < -0.4 is 16.1 Å². The quantitative estimate of drug-likeness (QED) is 0.585. The number of anilines is 1. The van der Waals surface area contributed by atoms with Gasteiger partial charge < -0.3 is 10.6 Å². The molecule has 120 valence electrons. The van der Waals surface area contributed by atoms with Gasteiger partial charge in [0.2, 0.25) is 0 Å². The van der Waals surface area contributed by atoms with Crippen molar-refractivity contribution in [1.82, 2.24) is 15.8 Å². The van der Waals surface area contributed by atoms with Crippen LogP contribution in [0, 0.1) is 5.82 Å². The molecule has 0 heterocycles. The molecule has 7 heteroatoms. The van der Waals surface area contributed by atoms with Crippen LogP contribution in [-0.2, 0) is 6.54 Å². The molecule has 0 saturated heterocycles. The van der Waals surface area contributed by atoms with Crippen LogP contribution in [0.2, 0.25) is 0 Å². The van der Waals surface area contributed by atoms with Gasteiger partial charge in [-0.25, -0.2) is 4.39 Å². The van der Waals surface area contributed by atoms with E-state index in [0.717, 1.165) is 5.56 Å². The van der Waals surface area contributed by atoms with E-state index in [1.165, 1.54) is 12.1 Å². The molecule has 0 atom stereocenters. The SMILES string of the molecule is CN(NC(=S)Nc1ccc(F)cc1)C(=S)NCc1ccccc1. The summed E-state index contributed by atoms with van der Waals surface area (Å²) in [6.07, 6.45) is 0. The van der Waals surface area contributed by atoms with E-state index in [1.54, 1.807) is 24.2 Å². The second kappa shape index (κ2) is 8.40. The second-order valence-electron chi connectivity index (χ2n) is 4.78. The minimum atomic E-state index is -0.294. The fraction of sp³-hybridized carbons (Fsp3) is 0.125. The van der Waals surface area contributed by atoms with E-state index < -0.39 is 0 Å². The maximum absolute atomic E-state index is 12.9. The van der Waals surface area contributed by atoms with Crippen LogP contribution in [0.3, 0.4) is 0 Å². The smallest absolute Gasteiger partial charge is 0.189 e. The Morgan fingerprint density at radius 2 is 1.70 bits per heavy atom. The largest absolute Gasteiger partial charge is 0.357 e. The molecule has 0 amide bonds. The Balaban J connectivity index is 1.78. The number of hydrogen-bond acceptors (Lipinski definition) is 2. The summed E-state index contributed by atoms with van der Waals surface area (Å²) in [6, 6.07) is 15.9. The molecule has 4 nitrogen and oxygen atoms in total. The number of rotatable bonds is 3. The van der Waals surface area contributed by atoms with Crippen molar-refractivity contribution in [3.8, 4) is 0 Å². The fourth-order valence-corrected chi connectivity index (χ4v) is 2.16. The molecule has 0 radical (unpaired) electrons. The lowest BCUT2D eigenvalue weighted by Gasteiger charge is -2.23. The highest BCUT2D eigenvalue weighted by atomic mass is 32.1. The van der Waals surface area contributed by atoms with Gasteiger partial charge in [-0.15, -0.1) is 0 Å². The van der Waals surface area contributed by atoms with Crippen molar-refractivity contribution in [2.24, 2.45) is 0 Å². The topological polar surface area (TPSA) is 39.3 Å². The zero-order chi connectivity index (χ0) is 16.7. The standard InChI is InChI=1S/C16H17FN4S2/c1-21(16(23)18-11-12-5-3-2-4-6-12)20-15(22)19-14-9-7-13(17)8-10-14/h2-10H,11H2,1H3,(H,18,23)(H2,19,20,22). The summed E-state index contributed by atoms with van der Waals surface area (Å²) < 4.78 is 12.9. The number of halogens is 1. The van der Waals surface area contributed by atoms with Gasteiger partial charge >= 0.3 is 0 Å². The van der Waals surface area contributed by atoms with Gasteiger partial charge in [-0.2, -0.15) is 0 Å². The van der Waals surface area contributed by atoms with Crippen molar-refractivity contribution in [3.05, 3.63) is 66.0 Å². The molecule has 3 N–H and O–H groups in total. The van der Waals surface area contributed by atoms with Crippen LogP contribution in [0.15, 0.2) is 54.6 Å². The molecular weight excluding hydrogens is 331 g/mol. The maximum atomic E-state index is 12.9. The highest BCUT2D eigenvalue weighted by Gasteiger charge is 2.06. The first kappa shape index (κ1) is 17.1. The van der Waals surface area contributed by atoms with Gasteiger partial charge in [0.15, 0.2) is 10.2 Å². The molecule has 0 aliphatic heterocycles. The van der Waals surface area contributed by atoms with Gasteiger partial charge in [0, 0.05) is 19.3 Å². The van der Waals surface area contributed by atoms with Gasteiger partial charge in [-0.05, 0) is 54.3 Å². The number of hydrazine groups is 1. The number of thiocarbonyl (C=S) groups is 2. The number of nitrogens with one attached hydrogen (secondary N) is 3. The minimum absolute atomic E-state index is 0.294. The van der Waals surface area contributed by atoms with E-state index in [1.807, 2.05) is 30.3 Å². The van der Waals surface area contributed by atoms with Crippen molar-refractivity contribution < 1.29 is 4.39 Å². The van der Waals surface area contributed by atoms with E-state index in [-0.39, 0.29) is 5.82 Å². The lowest BCUT2D eigenvalue weighted by atomic mass is 10.2. The molecule has 0 saturated carbocycles. The molecule has 23 heavy (non-hydrogen) atoms. The van der Waals surface area contributed by atoms with Crippen LogP contribution in [0.1, 0.15) is 5.56 Å². The Hall–Kier alpha value is -2.25. The first-order valence-corrected chi connectivity index (χ1v) is 7.75. The highest BCUT2D eigenvalue weighted by molar-refractivity contribution is 7.80. The molecular formula is C16H17FN4S2. The van der Waals surface area contributed by atoms with E-state index in [2.05, 4.69) is 16.1 Å². The van der Waals surface area contributed by atoms with Crippen molar-refractivity contribution in [3.63, 3.8) is 0 Å². The monoisotopic (exact) mass is 348 g/mol. The second-order valence-corrected chi connectivity index (χ2v) is 5.57. The van der Waals surface area contributed by atoms with E-state index in [0.29, 0.717) is 22.5 Å². The van der Waals surface area contributed by atoms with Crippen LogP contribution >= 0.6 is 24.4 Å². The lowest BCUT2D eigenvalue weighted by Crippen LogP contribution is -2.49. The van der Waals surface area contributed by atoms with Crippen molar-refractivity contribution in [2.75, 3.05) is 12.4 Å². The molecule has 0 aliphatic rings. The Morgan fingerprint density at radius 1 is 1.04 bits per heavy atom. The Kier molecular flexibility index (Phi) is 6.25. The predicted molar refractivity (Wildman–Crippen MR) is 99.4 cm³/mol. The Labute approximate surface area is 145 Å². The highest BCUT2D eigenvalue weighted by Crippen LogP contribution is 2.07. The van der Waals surface area contributed by atoms with E-state index >= 15 is 0 Å². The number of benzene rings is 2. The molecule has 2 aromatic carbocycles. The normalized spacial score (nSPS) is 9.83. The maximum Gasteiger partial charge on any atom is 0.189 e. The van der Waals surface area contributed by atoms with E-state index in [4.69, 9.17) is 24.4 Å². The summed E-state index contributed by atoms with van der Waals surface area (Å²) in [5, 5.41) is 8.57. The molecule has 0 bridgehead atoms. The third-order valence-corrected chi connectivity index (χ3v) is 3.57. The molecule has 0 fully saturated rings. The molecule has 0 aliphatic carbocycles. The van der Waals surface area contributed by atoms with Crippen molar-refractivity contribution in [2.45, 2.75) is 6.54 Å². The summed E-state index contributed by atoms with van der Waals surface area (Å²) in [5.74, 6) is -0.294. The summed E-state index contributed by atoms with van der Waals surface area (Å²) in [4.78, 5) is 0. The fourth-order valence-electron chi connectivity index (χ4n) is 1.79. The van der Waals surface area contributed by atoms with E-state index in [9.17, 15) is 4.39 Å². The molecule has 0 spiro atoms. The zero-order valence-corrected chi connectivity index (χ0v) is 14.2. The number of hydrogen-bond donors (Lipinski definition) is 3. The van der Waals surface area contributed by atoms with Crippen molar-refractivity contribution >= 4 is 40.3 Å². The molecule has 2 aromatic rings. The van der Waals surface area contributed by atoms with Crippen molar-refractivity contribution in [1.29, 1.82) is 0 Å². The van der Waals surface area contributed by atoms with Gasteiger partial charge in [0.05, 0.1) is 0 Å². The molecule has 2 rings (SSSR count). The van der Waals surface area contributed by atoms with Gasteiger partial charge in [-0.3, -0.25) is 10.4 Å². The average Bonchev–Trinajstić information content (AvgIpc) is 2.55. The summed E-state index contributed by atoms with van der Waals surface area (Å²) in [7, 11) is 1.76. The van der Waals surface area contributed by atoms with Crippen LogP contribution in [-0.4, -0.2) is 22.3 Å². The summed E-state index contributed by atoms with van der Waals surface area (Å²) in [6.45, 7) is 0.629. The Bertz CT molecular complexity index is 662. The number of nitrogens with zero attached hydrogens (tertiary/aromatic N) is 1. The summed E-state index contributed by atoms with van der Waals surface area (Å²) >= 11 is 10.5. The van der Waals surface area contributed by atoms with Crippen LogP contribution in [0.5, 0.6) is 0 Å². The lowest BCUT2D eigenvalue weighted by molar-refractivity contribution is 0.450. The third-order valence-electron chi connectivity index (χ3n) is 2.96. The average molecular weight is 348 g/mol. The predicted octanol–water partition coefficient (Wildman–Crippen LogP) is 3.03. The first-order valence-electron chi connectivity index (χ1n) is 6.93. The minimum Gasteiger partial charge on any atom is -0.357 e. The Morgan fingerprint density at radius 3 is 2.35 bits per heavy atom. The molecule has 0 unspecified atom stereocenters. The zero-order valence-electron chi connectivity index (χ0n) is 12.5. The van der Waals surface area contributed by atoms with Gasteiger partial charge in [0.25, 0.3) is 0 Å². The third kappa shape index (κ3) is 5.80.